The number of benzene rings is 1. The fourth-order valence-electron chi connectivity index (χ4n) is 1.27. The molecular formula is C9H7ClN2O5S. The molecule has 1 aromatic heterocycles. The van der Waals surface area contributed by atoms with Gasteiger partial charge in [-0.3, -0.25) is 4.63 Å². The van der Waals surface area contributed by atoms with Crippen LogP contribution in [0.3, 0.4) is 0 Å². The number of ether oxygens (including phenoxy) is 1. The highest BCUT2D eigenvalue weighted by molar-refractivity contribution is 7.91. The lowest BCUT2D eigenvalue weighted by Crippen LogP contribution is -2.26. The van der Waals surface area contributed by atoms with Crippen LogP contribution in [0.1, 0.15) is 0 Å². The Kier molecular flexibility index (Phi) is 3.39. The summed E-state index contributed by atoms with van der Waals surface area (Å²) in [6.07, 6.45) is 0. The van der Waals surface area contributed by atoms with Gasteiger partial charge in [-0.05, 0) is 17.0 Å². The smallest absolute Gasteiger partial charge is 0.394 e. The summed E-state index contributed by atoms with van der Waals surface area (Å²) in [4.78, 5) is -0.184. The first kappa shape index (κ1) is 12.7. The summed E-state index contributed by atoms with van der Waals surface area (Å²) in [6, 6.07) is 7.07. The van der Waals surface area contributed by atoms with E-state index in [4.69, 9.17) is 16.3 Å². The Labute approximate surface area is 107 Å². The first-order valence-corrected chi connectivity index (χ1v) is 6.67. The third-order valence-corrected chi connectivity index (χ3v) is 3.81. The van der Waals surface area contributed by atoms with E-state index < -0.39 is 26.8 Å². The predicted molar refractivity (Wildman–Crippen MR) is 58.7 cm³/mol. The average Bonchev–Trinajstić information content (AvgIpc) is 2.73. The maximum Gasteiger partial charge on any atom is 0.394 e. The summed E-state index contributed by atoms with van der Waals surface area (Å²) in [5.41, 5.74) is 0. The molecule has 0 aliphatic rings. The van der Waals surface area contributed by atoms with Crippen LogP contribution in [-0.2, 0) is 9.84 Å². The second-order valence-electron chi connectivity index (χ2n) is 3.11. The normalized spacial score (nSPS) is 11.4. The minimum Gasteiger partial charge on any atom is -0.440 e. The molecule has 0 N–H and O–H groups in total. The zero-order chi connectivity index (χ0) is 13.2. The zero-order valence-corrected chi connectivity index (χ0v) is 10.4. The van der Waals surface area contributed by atoms with Crippen LogP contribution in [0.5, 0.6) is 5.88 Å². The van der Waals surface area contributed by atoms with Crippen LogP contribution in [-0.4, -0.2) is 19.6 Å². The van der Waals surface area contributed by atoms with Crippen LogP contribution < -0.4 is 9.64 Å². The Balaban J connectivity index is 2.55. The number of halogens is 1. The lowest BCUT2D eigenvalue weighted by atomic mass is 10.4. The molecule has 0 aliphatic carbocycles. The Morgan fingerprint density at radius 1 is 1.39 bits per heavy atom. The first-order valence-electron chi connectivity index (χ1n) is 4.66. The molecule has 9 heteroatoms. The molecule has 96 valence electrons. The van der Waals surface area contributed by atoms with Crippen molar-refractivity contribution in [2.75, 3.05) is 6.07 Å². The van der Waals surface area contributed by atoms with Crippen molar-refractivity contribution in [1.82, 2.24) is 5.16 Å². The third kappa shape index (κ3) is 2.12. The van der Waals surface area contributed by atoms with E-state index in [1.165, 1.54) is 12.1 Å². The topological polar surface area (TPSA) is 96.3 Å². The molecule has 0 saturated heterocycles. The van der Waals surface area contributed by atoms with Gasteiger partial charge in [-0.25, -0.2) is 8.42 Å². The van der Waals surface area contributed by atoms with Gasteiger partial charge in [0.05, 0.1) is 10.1 Å². The van der Waals surface area contributed by atoms with Crippen LogP contribution in [0.4, 0.5) is 0 Å². The van der Waals surface area contributed by atoms with E-state index >= 15 is 0 Å². The van der Waals surface area contributed by atoms with Gasteiger partial charge in [-0.2, -0.15) is 0 Å². The molecule has 0 unspecified atom stereocenters. The lowest BCUT2D eigenvalue weighted by Gasteiger charge is -1.99. The molecule has 0 fully saturated rings. The maximum atomic E-state index is 12.1. The molecule has 0 aliphatic heterocycles. The van der Waals surface area contributed by atoms with Crippen molar-refractivity contribution in [3.63, 3.8) is 0 Å². The van der Waals surface area contributed by atoms with Gasteiger partial charge < -0.3 is 9.94 Å². The van der Waals surface area contributed by atoms with Crippen LogP contribution >= 0.6 is 11.6 Å². The number of hydrogen-bond donors (Lipinski definition) is 0. The summed E-state index contributed by atoms with van der Waals surface area (Å²) in [6.45, 7) is 0. The van der Waals surface area contributed by atoms with Gasteiger partial charge in [-0.1, -0.05) is 29.8 Å². The number of nitrogens with zero attached hydrogens (tertiary/aromatic N) is 2. The molecule has 0 atom stereocenters. The summed E-state index contributed by atoms with van der Waals surface area (Å²) in [5.74, 6) is -0.589. The molecular weight excluding hydrogens is 284 g/mol. The predicted octanol–water partition coefficient (Wildman–Crippen LogP) is 0.716. The maximum absolute atomic E-state index is 12.1. The van der Waals surface area contributed by atoms with Crippen molar-refractivity contribution in [3.8, 4) is 5.88 Å². The van der Waals surface area contributed by atoms with Gasteiger partial charge in [0.2, 0.25) is 0 Å². The summed E-state index contributed by atoms with van der Waals surface area (Å²) in [5, 5.41) is 13.7. The van der Waals surface area contributed by atoms with Gasteiger partial charge in [0.15, 0.2) is 6.07 Å². The quantitative estimate of drug-likeness (QED) is 0.608. The van der Waals surface area contributed by atoms with E-state index in [0.29, 0.717) is 0 Å². The Morgan fingerprint density at radius 2 is 2.06 bits per heavy atom. The number of alkyl halides is 1. The molecule has 1 aromatic carbocycles. The van der Waals surface area contributed by atoms with Crippen LogP contribution in [0, 0.1) is 5.21 Å². The Bertz CT molecular complexity index is 640. The average molecular weight is 291 g/mol. The highest BCUT2D eigenvalue weighted by Gasteiger charge is 2.35. The van der Waals surface area contributed by atoms with E-state index in [0.717, 1.165) is 0 Å². The summed E-state index contributed by atoms with van der Waals surface area (Å²) >= 11 is 5.29. The van der Waals surface area contributed by atoms with Crippen molar-refractivity contribution in [1.29, 1.82) is 0 Å². The fourth-order valence-corrected chi connectivity index (χ4v) is 2.61. The molecule has 0 saturated carbocycles. The monoisotopic (exact) mass is 290 g/mol. The van der Waals surface area contributed by atoms with Crippen molar-refractivity contribution in [2.45, 2.75) is 9.92 Å². The molecule has 1 heterocycles. The van der Waals surface area contributed by atoms with Gasteiger partial charge in [0, 0.05) is 0 Å². The van der Waals surface area contributed by atoms with Gasteiger partial charge >= 0.3 is 10.9 Å². The van der Waals surface area contributed by atoms with E-state index in [1.54, 1.807) is 18.2 Å². The molecule has 18 heavy (non-hydrogen) atoms. The Hall–Kier alpha value is -1.80. The highest BCUT2D eigenvalue weighted by atomic mass is 35.5. The van der Waals surface area contributed by atoms with Gasteiger partial charge in [0.1, 0.15) is 0 Å². The molecule has 2 rings (SSSR count). The van der Waals surface area contributed by atoms with Gasteiger partial charge in [0.25, 0.3) is 9.84 Å². The van der Waals surface area contributed by atoms with Crippen molar-refractivity contribution in [3.05, 3.63) is 35.5 Å². The van der Waals surface area contributed by atoms with Crippen LogP contribution in [0.25, 0.3) is 0 Å². The minimum atomic E-state index is -3.98. The van der Waals surface area contributed by atoms with E-state index in [9.17, 15) is 13.6 Å². The fraction of sp³-hybridized carbons (Fsp3) is 0.111. The number of aromatic nitrogens is 2. The van der Waals surface area contributed by atoms with Gasteiger partial charge in [-0.15, -0.1) is 0 Å². The van der Waals surface area contributed by atoms with Crippen LogP contribution in [0.15, 0.2) is 44.9 Å². The Morgan fingerprint density at radius 3 is 2.67 bits per heavy atom. The molecule has 0 radical (unpaired) electrons. The number of hydrogen-bond acceptors (Lipinski definition) is 6. The highest BCUT2D eigenvalue weighted by Crippen LogP contribution is 2.24. The lowest BCUT2D eigenvalue weighted by molar-refractivity contribution is -0.805. The van der Waals surface area contributed by atoms with Crippen molar-refractivity contribution in [2.24, 2.45) is 0 Å². The molecule has 0 spiro atoms. The zero-order valence-electron chi connectivity index (χ0n) is 8.82. The SMILES string of the molecule is O=S(=O)(c1ccccc1)c1no[n+]([O-])c1OCCl. The molecule has 0 amide bonds. The standard InChI is InChI=1S/C9H7ClN2O5S/c10-6-16-9-8(11-17-12(9)13)18(14,15)7-4-2-1-3-5-7/h1-5H,6H2. The summed E-state index contributed by atoms with van der Waals surface area (Å²) in [7, 11) is -3.98. The minimum absolute atomic E-state index is 0.0293. The molecule has 7 nitrogen and oxygen atoms in total. The molecule has 0 bridgehead atoms. The van der Waals surface area contributed by atoms with E-state index in [2.05, 4.69) is 9.79 Å². The van der Waals surface area contributed by atoms with E-state index in [1.807, 2.05) is 0 Å². The second kappa shape index (κ2) is 4.83. The third-order valence-electron chi connectivity index (χ3n) is 2.05. The van der Waals surface area contributed by atoms with E-state index in [-0.39, 0.29) is 9.80 Å². The molecule has 2 aromatic rings. The van der Waals surface area contributed by atoms with Crippen molar-refractivity contribution < 1.29 is 22.7 Å². The second-order valence-corrected chi connectivity index (χ2v) is 5.19. The van der Waals surface area contributed by atoms with Crippen molar-refractivity contribution >= 4 is 21.4 Å². The first-order chi connectivity index (χ1) is 8.57. The number of sulfone groups is 1. The number of rotatable bonds is 4. The van der Waals surface area contributed by atoms with Crippen LogP contribution in [0.2, 0.25) is 0 Å². The summed E-state index contributed by atoms with van der Waals surface area (Å²) < 4.78 is 33.2. The largest absolute Gasteiger partial charge is 0.440 e.